The molecule has 0 unspecified atom stereocenters. The second-order valence-corrected chi connectivity index (χ2v) is 9.75. The van der Waals surface area contributed by atoms with Crippen LogP contribution in [-0.2, 0) is 19.5 Å². The lowest BCUT2D eigenvalue weighted by atomic mass is 10.0. The summed E-state index contributed by atoms with van der Waals surface area (Å²) >= 11 is 0. The summed E-state index contributed by atoms with van der Waals surface area (Å²) in [4.78, 5) is 15.9. The van der Waals surface area contributed by atoms with Crippen LogP contribution in [0, 0.1) is 5.82 Å². The largest absolute Gasteiger partial charge is 0.497 e. The molecule has 2 aromatic heterocycles. The van der Waals surface area contributed by atoms with E-state index in [-0.39, 0.29) is 18.4 Å². The highest BCUT2D eigenvalue weighted by molar-refractivity contribution is 5.76. The van der Waals surface area contributed by atoms with E-state index >= 15 is 0 Å². The highest BCUT2D eigenvalue weighted by Crippen LogP contribution is 2.39. The second-order valence-electron chi connectivity index (χ2n) is 9.75. The molecule has 0 saturated carbocycles. The third-order valence-electron chi connectivity index (χ3n) is 7.33. The van der Waals surface area contributed by atoms with Crippen LogP contribution in [0.15, 0.2) is 97.2 Å². The fraction of sp³-hybridized carbons (Fsp3) is 0.188. The Kier molecular flexibility index (Phi) is 6.82. The van der Waals surface area contributed by atoms with Crippen molar-refractivity contribution in [3.05, 3.63) is 131 Å². The predicted molar refractivity (Wildman–Crippen MR) is 151 cm³/mol. The van der Waals surface area contributed by atoms with Crippen molar-refractivity contribution in [1.82, 2.24) is 24.6 Å². The Balaban J connectivity index is 1.49. The number of hydrogen-bond donors (Lipinski definition) is 1. The number of halogens is 1. The Morgan fingerprint density at radius 3 is 2.58 bits per heavy atom. The van der Waals surface area contributed by atoms with Crippen molar-refractivity contribution < 1.29 is 13.9 Å². The van der Waals surface area contributed by atoms with Crippen LogP contribution >= 0.6 is 0 Å². The molecule has 0 radical (unpaired) electrons. The van der Waals surface area contributed by atoms with Crippen LogP contribution in [-0.4, -0.2) is 32.4 Å². The van der Waals surface area contributed by atoms with E-state index in [4.69, 9.17) is 9.84 Å². The molecule has 8 heteroatoms. The van der Waals surface area contributed by atoms with Crippen molar-refractivity contribution in [2.75, 3.05) is 7.11 Å². The van der Waals surface area contributed by atoms with Gasteiger partial charge in [0.25, 0.3) is 0 Å². The van der Waals surface area contributed by atoms with Gasteiger partial charge in [-0.25, -0.2) is 13.9 Å². The Hall–Kier alpha value is -4.85. The number of carbonyl (C=O) groups excluding carboxylic acids is 1. The van der Waals surface area contributed by atoms with E-state index in [1.807, 2.05) is 82.5 Å². The van der Waals surface area contributed by atoms with Crippen molar-refractivity contribution in [1.29, 1.82) is 0 Å². The molecule has 0 fully saturated rings. The van der Waals surface area contributed by atoms with Crippen LogP contribution in [0.5, 0.6) is 5.75 Å². The number of benzene rings is 3. The topological polar surface area (TPSA) is 64.3 Å². The molecule has 5 aromatic rings. The Morgan fingerprint density at radius 2 is 1.82 bits per heavy atom. The number of fused-ring (bicyclic) bond motifs is 3. The molecule has 0 aliphatic carbocycles. The number of ether oxygens (including phenoxy) is 1. The lowest BCUT2D eigenvalue weighted by molar-refractivity contribution is 0.180. The van der Waals surface area contributed by atoms with E-state index in [2.05, 4.69) is 16.8 Å². The number of rotatable bonds is 6. The van der Waals surface area contributed by atoms with E-state index in [0.29, 0.717) is 18.7 Å². The summed E-state index contributed by atoms with van der Waals surface area (Å²) in [7, 11) is 1.64. The van der Waals surface area contributed by atoms with Gasteiger partial charge in [0.1, 0.15) is 17.4 Å². The minimum atomic E-state index is -0.403. The van der Waals surface area contributed by atoms with Gasteiger partial charge in [-0.2, -0.15) is 5.10 Å². The van der Waals surface area contributed by atoms with Crippen molar-refractivity contribution >= 4 is 6.03 Å². The number of aryl methyl sites for hydroxylation is 1. The van der Waals surface area contributed by atoms with Gasteiger partial charge in [0.15, 0.2) is 0 Å². The van der Waals surface area contributed by atoms with Gasteiger partial charge < -0.3 is 19.5 Å². The fourth-order valence-electron chi connectivity index (χ4n) is 5.39. The van der Waals surface area contributed by atoms with Gasteiger partial charge in [-0.3, -0.25) is 0 Å². The van der Waals surface area contributed by atoms with Crippen molar-refractivity contribution in [2.24, 2.45) is 0 Å². The number of amides is 2. The number of carbonyl (C=O) groups is 1. The molecule has 6 rings (SSSR count). The van der Waals surface area contributed by atoms with Crippen LogP contribution in [0.4, 0.5) is 9.18 Å². The van der Waals surface area contributed by atoms with E-state index in [1.165, 1.54) is 12.1 Å². The zero-order valence-electron chi connectivity index (χ0n) is 22.4. The number of hydrogen-bond acceptors (Lipinski definition) is 3. The first kappa shape index (κ1) is 25.4. The summed E-state index contributed by atoms with van der Waals surface area (Å²) in [6.07, 6.45) is 2.75. The lowest BCUT2D eigenvalue weighted by Gasteiger charge is -2.31. The lowest BCUT2D eigenvalue weighted by Crippen LogP contribution is -2.41. The summed E-state index contributed by atoms with van der Waals surface area (Å²) in [6, 6.07) is 27.5. The maximum absolute atomic E-state index is 14.0. The monoisotopic (exact) mass is 535 g/mol. The quantitative estimate of drug-likeness (QED) is 0.282. The number of para-hydroxylation sites is 1. The molecule has 3 aromatic carbocycles. The van der Waals surface area contributed by atoms with Crippen molar-refractivity contribution in [3.8, 4) is 17.3 Å². The third kappa shape index (κ3) is 4.62. The molecule has 2 amide bonds. The summed E-state index contributed by atoms with van der Waals surface area (Å²) in [5, 5.41) is 8.07. The standard InChI is InChI=1S/C32H30FN5O2/c1-3-28-27-21-37(32(39)34-20-22-14-16-24(33)17-15-22)30(23-9-7-12-26(19-23)40-2)29-13-8-18-36(29)31(27)38(35-28)25-10-5-4-6-11-25/h4-19,30H,3,20-21H2,1-2H3,(H,34,39)/t30-/m0/s1. The number of nitrogens with zero attached hydrogens (tertiary/aromatic N) is 4. The molecule has 1 N–H and O–H groups in total. The van der Waals surface area contributed by atoms with E-state index in [9.17, 15) is 9.18 Å². The highest BCUT2D eigenvalue weighted by Gasteiger charge is 2.36. The summed E-state index contributed by atoms with van der Waals surface area (Å²) < 4.78 is 23.1. The van der Waals surface area contributed by atoms with Crippen molar-refractivity contribution in [3.63, 3.8) is 0 Å². The van der Waals surface area contributed by atoms with Gasteiger partial charge in [-0.15, -0.1) is 0 Å². The van der Waals surface area contributed by atoms with E-state index in [0.717, 1.165) is 39.6 Å². The molecular formula is C32H30FN5O2. The minimum absolute atomic E-state index is 0.229. The number of urea groups is 1. The Bertz CT molecular complexity index is 1640. The Labute approximate surface area is 232 Å². The molecule has 3 heterocycles. The highest BCUT2D eigenvalue weighted by atomic mass is 19.1. The zero-order chi connectivity index (χ0) is 27.6. The van der Waals surface area contributed by atoms with Crippen LogP contribution in [0.3, 0.4) is 0 Å². The molecule has 0 bridgehead atoms. The zero-order valence-corrected chi connectivity index (χ0v) is 22.4. The predicted octanol–water partition coefficient (Wildman–Crippen LogP) is 6.19. The first-order valence-electron chi connectivity index (χ1n) is 13.3. The first-order valence-corrected chi connectivity index (χ1v) is 13.3. The normalized spacial score (nSPS) is 14.3. The SMILES string of the molecule is CCc1nn(-c2ccccc2)c2c1CN(C(=O)NCc1ccc(F)cc1)[C@@H](c1cccc(OC)c1)c1cccn1-2. The van der Waals surface area contributed by atoms with Gasteiger partial charge >= 0.3 is 6.03 Å². The molecule has 1 atom stereocenters. The number of nitrogens with one attached hydrogen (secondary N) is 1. The Morgan fingerprint density at radius 1 is 1.02 bits per heavy atom. The molecular weight excluding hydrogens is 505 g/mol. The number of methoxy groups -OCH3 is 1. The summed E-state index contributed by atoms with van der Waals surface area (Å²) in [6.45, 7) is 2.71. The van der Waals surface area contributed by atoms with Gasteiger partial charge in [0.05, 0.1) is 36.8 Å². The fourth-order valence-corrected chi connectivity index (χ4v) is 5.39. The summed E-state index contributed by atoms with van der Waals surface area (Å²) in [5.41, 5.74) is 5.55. The smallest absolute Gasteiger partial charge is 0.318 e. The first-order chi connectivity index (χ1) is 19.6. The van der Waals surface area contributed by atoms with Gasteiger partial charge in [-0.05, 0) is 66.1 Å². The third-order valence-corrected chi connectivity index (χ3v) is 7.33. The van der Waals surface area contributed by atoms with E-state index < -0.39 is 6.04 Å². The molecule has 0 spiro atoms. The molecule has 0 saturated heterocycles. The van der Waals surface area contributed by atoms with Crippen LogP contribution in [0.25, 0.3) is 11.5 Å². The molecule has 1 aliphatic heterocycles. The van der Waals surface area contributed by atoms with Gasteiger partial charge in [-0.1, -0.05) is 49.4 Å². The van der Waals surface area contributed by atoms with Crippen LogP contribution in [0.1, 0.15) is 41.0 Å². The molecule has 7 nitrogen and oxygen atoms in total. The van der Waals surface area contributed by atoms with Gasteiger partial charge in [0, 0.05) is 18.3 Å². The molecule has 202 valence electrons. The average Bonchev–Trinajstić information content (AvgIpc) is 3.58. The maximum Gasteiger partial charge on any atom is 0.318 e. The summed E-state index contributed by atoms with van der Waals surface area (Å²) in [5.74, 6) is 1.33. The minimum Gasteiger partial charge on any atom is -0.497 e. The maximum atomic E-state index is 14.0. The molecule has 1 aliphatic rings. The average molecular weight is 536 g/mol. The second kappa shape index (κ2) is 10.7. The molecule has 40 heavy (non-hydrogen) atoms. The van der Waals surface area contributed by atoms with E-state index in [1.54, 1.807) is 19.2 Å². The van der Waals surface area contributed by atoms with Crippen LogP contribution < -0.4 is 10.1 Å². The van der Waals surface area contributed by atoms with Gasteiger partial charge in [0.2, 0.25) is 0 Å². The number of aromatic nitrogens is 3. The van der Waals surface area contributed by atoms with Crippen molar-refractivity contribution in [2.45, 2.75) is 32.5 Å². The van der Waals surface area contributed by atoms with Crippen LogP contribution in [0.2, 0.25) is 0 Å².